The minimum Gasteiger partial charge on any atom is -0.352 e. The van der Waals surface area contributed by atoms with E-state index in [2.05, 4.69) is 10.6 Å². The fraction of sp³-hybridized carbons (Fsp3) is 0.300. The fourth-order valence-corrected chi connectivity index (χ4v) is 5.11. The van der Waals surface area contributed by atoms with Gasteiger partial charge in [-0.1, -0.05) is 30.7 Å². The maximum absolute atomic E-state index is 12.7. The first kappa shape index (κ1) is 21.7. The Kier molecular flexibility index (Phi) is 6.87. The molecule has 2 amide bonds. The Hall–Kier alpha value is -2.03. The molecule has 0 aromatic heterocycles. The van der Waals surface area contributed by atoms with Gasteiger partial charge in [-0.05, 0) is 35.9 Å². The van der Waals surface area contributed by atoms with E-state index in [-0.39, 0.29) is 34.8 Å². The van der Waals surface area contributed by atoms with E-state index in [4.69, 9.17) is 11.6 Å². The van der Waals surface area contributed by atoms with E-state index >= 15 is 0 Å². The summed E-state index contributed by atoms with van der Waals surface area (Å²) in [4.78, 5) is 25.0. The van der Waals surface area contributed by atoms with Crippen molar-refractivity contribution in [3.63, 3.8) is 0 Å². The number of sulfone groups is 1. The second kappa shape index (κ2) is 9.19. The Morgan fingerprint density at radius 3 is 2.69 bits per heavy atom. The van der Waals surface area contributed by atoms with Crippen LogP contribution in [0.15, 0.2) is 52.3 Å². The first-order valence-electron chi connectivity index (χ1n) is 9.06. The smallest absolute Gasteiger partial charge is 0.228 e. The van der Waals surface area contributed by atoms with Crippen LogP contribution in [0.4, 0.5) is 5.69 Å². The minimum absolute atomic E-state index is 0.0946. The van der Waals surface area contributed by atoms with Gasteiger partial charge in [-0.15, -0.1) is 11.8 Å². The summed E-state index contributed by atoms with van der Waals surface area (Å²) in [6, 6.07) is 11.7. The maximum Gasteiger partial charge on any atom is 0.228 e. The third kappa shape index (κ3) is 5.74. The average Bonchev–Trinajstić information content (AvgIpc) is 2.84. The van der Waals surface area contributed by atoms with Crippen molar-refractivity contribution >= 4 is 50.7 Å². The van der Waals surface area contributed by atoms with E-state index < -0.39 is 9.84 Å². The summed E-state index contributed by atoms with van der Waals surface area (Å²) in [6.45, 7) is 2.13. The van der Waals surface area contributed by atoms with Crippen molar-refractivity contribution < 1.29 is 18.0 Å². The lowest BCUT2D eigenvalue weighted by atomic mass is 10.2. The third-order valence-electron chi connectivity index (χ3n) is 4.51. The average molecular weight is 453 g/mol. The van der Waals surface area contributed by atoms with Gasteiger partial charge >= 0.3 is 0 Å². The molecule has 2 aromatic carbocycles. The van der Waals surface area contributed by atoms with Gasteiger partial charge in [-0.2, -0.15) is 0 Å². The lowest BCUT2D eigenvalue weighted by molar-refractivity contribution is -0.121. The molecule has 0 fully saturated rings. The molecule has 29 heavy (non-hydrogen) atoms. The summed E-state index contributed by atoms with van der Waals surface area (Å²) in [5, 5.41) is 6.09. The summed E-state index contributed by atoms with van der Waals surface area (Å²) >= 11 is 7.34. The number of rotatable bonds is 6. The number of carbonyl (C=O) groups is 2. The van der Waals surface area contributed by atoms with Crippen molar-refractivity contribution in [2.24, 2.45) is 5.92 Å². The molecule has 0 saturated carbocycles. The molecule has 0 radical (unpaired) electrons. The van der Waals surface area contributed by atoms with Crippen LogP contribution in [0.1, 0.15) is 18.9 Å². The fourth-order valence-electron chi connectivity index (χ4n) is 2.71. The minimum atomic E-state index is -3.66. The molecule has 154 valence electrons. The number of fused-ring (bicyclic) bond motifs is 1. The van der Waals surface area contributed by atoms with E-state index in [0.29, 0.717) is 23.0 Å². The lowest BCUT2D eigenvalue weighted by Crippen LogP contribution is -2.25. The highest BCUT2D eigenvalue weighted by Crippen LogP contribution is 2.34. The molecular weight excluding hydrogens is 432 g/mol. The standard InChI is InChI=1S/C20H21ClN2O4S2/c1-13-12-28-18-7-6-16(10-17(18)23-20(13)25)29(26,27)9-8-19(24)22-11-14-2-4-15(21)5-3-14/h2-7,10,13H,8-9,11-12H2,1H3,(H,22,24)(H,23,25). The van der Waals surface area contributed by atoms with Crippen LogP contribution in [0.5, 0.6) is 0 Å². The first-order valence-corrected chi connectivity index (χ1v) is 12.1. The summed E-state index contributed by atoms with van der Waals surface area (Å²) < 4.78 is 25.3. The van der Waals surface area contributed by atoms with E-state index in [1.807, 2.05) is 6.92 Å². The van der Waals surface area contributed by atoms with Gasteiger partial charge in [0.15, 0.2) is 9.84 Å². The van der Waals surface area contributed by atoms with Gasteiger partial charge in [0.25, 0.3) is 0 Å². The largest absolute Gasteiger partial charge is 0.352 e. The van der Waals surface area contributed by atoms with Gasteiger partial charge in [0, 0.05) is 34.6 Å². The number of hydrogen-bond acceptors (Lipinski definition) is 5. The third-order valence-corrected chi connectivity index (χ3v) is 7.80. The summed E-state index contributed by atoms with van der Waals surface area (Å²) in [6.07, 6.45) is -0.148. The zero-order valence-corrected chi connectivity index (χ0v) is 18.2. The Balaban J connectivity index is 1.61. The van der Waals surface area contributed by atoms with E-state index in [1.165, 1.54) is 23.9 Å². The van der Waals surface area contributed by atoms with Crippen molar-refractivity contribution in [3.8, 4) is 0 Å². The van der Waals surface area contributed by atoms with Gasteiger partial charge in [0.05, 0.1) is 16.3 Å². The van der Waals surface area contributed by atoms with Crippen molar-refractivity contribution in [2.75, 3.05) is 16.8 Å². The Morgan fingerprint density at radius 1 is 1.24 bits per heavy atom. The molecule has 1 aliphatic heterocycles. The topological polar surface area (TPSA) is 92.3 Å². The van der Waals surface area contributed by atoms with Gasteiger partial charge < -0.3 is 10.6 Å². The van der Waals surface area contributed by atoms with E-state index in [1.54, 1.807) is 30.3 Å². The number of nitrogens with one attached hydrogen (secondary N) is 2. The number of carbonyl (C=O) groups excluding carboxylic acids is 2. The number of amides is 2. The molecule has 6 nitrogen and oxygen atoms in total. The second-order valence-electron chi connectivity index (χ2n) is 6.83. The molecular formula is C20H21ClN2O4S2. The zero-order chi connectivity index (χ0) is 21.0. The van der Waals surface area contributed by atoms with E-state index in [9.17, 15) is 18.0 Å². The highest BCUT2D eigenvalue weighted by Gasteiger charge is 2.23. The highest BCUT2D eigenvalue weighted by atomic mass is 35.5. The predicted octanol–water partition coefficient (Wildman–Crippen LogP) is 3.50. The molecule has 2 N–H and O–H groups in total. The van der Waals surface area contributed by atoms with Crippen molar-refractivity contribution in [1.82, 2.24) is 5.32 Å². The second-order valence-corrected chi connectivity index (χ2v) is 10.4. The number of hydrogen-bond donors (Lipinski definition) is 2. The Bertz CT molecular complexity index is 1020. The molecule has 1 unspecified atom stereocenters. The summed E-state index contributed by atoms with van der Waals surface area (Å²) in [5.74, 6) is -0.311. The quantitative estimate of drug-likeness (QED) is 0.699. The normalized spacial score (nSPS) is 16.5. The van der Waals surface area contributed by atoms with Crippen LogP contribution in [0.3, 0.4) is 0 Å². The van der Waals surface area contributed by atoms with Crippen LogP contribution in [0, 0.1) is 5.92 Å². The summed E-state index contributed by atoms with van der Waals surface area (Å²) in [5.41, 5.74) is 1.37. The van der Waals surface area contributed by atoms with Crippen LogP contribution in [-0.4, -0.2) is 31.7 Å². The first-order chi connectivity index (χ1) is 13.7. The SMILES string of the molecule is CC1CSc2ccc(S(=O)(=O)CCC(=O)NCc3ccc(Cl)cc3)cc2NC1=O. The molecule has 0 aliphatic carbocycles. The van der Waals surface area contributed by atoms with Crippen LogP contribution >= 0.6 is 23.4 Å². The van der Waals surface area contributed by atoms with Gasteiger partial charge in [0.1, 0.15) is 0 Å². The van der Waals surface area contributed by atoms with E-state index in [0.717, 1.165) is 10.5 Å². The Labute approximate surface area is 179 Å². The molecule has 9 heteroatoms. The van der Waals surface area contributed by atoms with Gasteiger partial charge in [-0.25, -0.2) is 8.42 Å². The van der Waals surface area contributed by atoms with Crippen molar-refractivity contribution in [2.45, 2.75) is 29.7 Å². The number of halogens is 1. The lowest BCUT2D eigenvalue weighted by Gasteiger charge is -2.10. The molecule has 0 bridgehead atoms. The molecule has 0 saturated heterocycles. The molecule has 1 atom stereocenters. The van der Waals surface area contributed by atoms with Crippen molar-refractivity contribution in [1.29, 1.82) is 0 Å². The van der Waals surface area contributed by atoms with Gasteiger partial charge in [0.2, 0.25) is 11.8 Å². The molecule has 1 heterocycles. The van der Waals surface area contributed by atoms with Crippen LogP contribution in [0.25, 0.3) is 0 Å². The highest BCUT2D eigenvalue weighted by molar-refractivity contribution is 7.99. The number of benzene rings is 2. The number of anilines is 1. The molecule has 3 rings (SSSR count). The predicted molar refractivity (Wildman–Crippen MR) is 115 cm³/mol. The van der Waals surface area contributed by atoms with Gasteiger partial charge in [-0.3, -0.25) is 9.59 Å². The van der Waals surface area contributed by atoms with Crippen LogP contribution in [-0.2, 0) is 26.0 Å². The maximum atomic E-state index is 12.7. The molecule has 0 spiro atoms. The van der Waals surface area contributed by atoms with Crippen LogP contribution < -0.4 is 10.6 Å². The monoisotopic (exact) mass is 452 g/mol. The molecule has 1 aliphatic rings. The number of thioether (sulfide) groups is 1. The van der Waals surface area contributed by atoms with Crippen LogP contribution in [0.2, 0.25) is 5.02 Å². The van der Waals surface area contributed by atoms with Crippen molar-refractivity contribution in [3.05, 3.63) is 53.1 Å². The molecule has 2 aromatic rings. The zero-order valence-electron chi connectivity index (χ0n) is 15.8. The Morgan fingerprint density at radius 2 is 1.97 bits per heavy atom. The summed E-state index contributed by atoms with van der Waals surface area (Å²) in [7, 11) is -3.66.